The van der Waals surface area contributed by atoms with Gasteiger partial charge in [-0.1, -0.05) is 4.21 Å². The number of carbonyl (C=O) groups excluding carboxylic acids is 2. The number of nitrogens with zero attached hydrogens (tertiary/aromatic N) is 2. The Bertz CT molecular complexity index is 890. The van der Waals surface area contributed by atoms with Crippen molar-refractivity contribution in [3.8, 4) is 0 Å². The van der Waals surface area contributed by atoms with Gasteiger partial charge in [0.15, 0.2) is 5.82 Å². The third-order valence-electron chi connectivity index (χ3n) is 3.24. The Morgan fingerprint density at radius 2 is 1.81 bits per heavy atom. The van der Waals surface area contributed by atoms with E-state index in [1.54, 1.807) is 0 Å². The fourth-order valence-corrected chi connectivity index (χ4v) is 2.50. The summed E-state index contributed by atoms with van der Waals surface area (Å²) in [5.41, 5.74) is -0.876. The number of rotatable bonds is 6. The van der Waals surface area contributed by atoms with Gasteiger partial charge in [0, 0.05) is 27.2 Å². The number of anilines is 3. The number of carbonyl (C=O) groups is 2. The molecule has 8 nitrogen and oxygen atoms in total. The van der Waals surface area contributed by atoms with Gasteiger partial charge in [-0.3, -0.25) is 9.59 Å². The number of nitrogens with one attached hydrogen (secondary N) is 3. The average molecular weight is 398 g/mol. The summed E-state index contributed by atoms with van der Waals surface area (Å²) in [6.07, 6.45) is 1.15. The van der Waals surface area contributed by atoms with Gasteiger partial charge in [-0.25, -0.2) is 13.8 Å². The maximum Gasteiger partial charge on any atom is 0.257 e. The molecule has 27 heavy (non-hydrogen) atoms. The molecule has 0 bridgehead atoms. The second-order valence-corrected chi connectivity index (χ2v) is 7.15. The van der Waals surface area contributed by atoms with Crippen molar-refractivity contribution in [1.82, 2.24) is 9.29 Å². The van der Waals surface area contributed by atoms with Crippen LogP contribution in [0.5, 0.6) is 0 Å². The van der Waals surface area contributed by atoms with Gasteiger partial charge in [0.25, 0.3) is 5.91 Å². The number of hydrogen-bond donors (Lipinski definition) is 3. The van der Waals surface area contributed by atoms with E-state index in [9.17, 15) is 22.6 Å². The number of thiol groups is 1. The van der Waals surface area contributed by atoms with Crippen molar-refractivity contribution in [2.75, 3.05) is 29.5 Å². The molecular formula is C16H18F2N5O3S+. The van der Waals surface area contributed by atoms with E-state index in [-0.39, 0.29) is 23.0 Å². The Labute approximate surface area is 156 Å². The van der Waals surface area contributed by atoms with E-state index < -0.39 is 34.4 Å². The van der Waals surface area contributed by atoms with E-state index in [1.807, 2.05) is 0 Å². The molecule has 1 atom stereocenters. The van der Waals surface area contributed by atoms with Crippen molar-refractivity contribution < 1.29 is 22.6 Å². The summed E-state index contributed by atoms with van der Waals surface area (Å²) in [6.45, 7) is 1.30. The molecule has 11 heteroatoms. The highest BCUT2D eigenvalue weighted by molar-refractivity contribution is 7.83. The summed E-state index contributed by atoms with van der Waals surface area (Å²) >= 11 is -2.12. The zero-order chi connectivity index (χ0) is 20.1. The fourth-order valence-electron chi connectivity index (χ4n) is 1.92. The second-order valence-electron chi connectivity index (χ2n) is 5.58. The van der Waals surface area contributed by atoms with Crippen LogP contribution in [-0.4, -0.2) is 35.2 Å². The SMILES string of the molecule is CC(=O)Nc1ccc(C(=O)Nc2c(F)ccc(N[SH+](=O)N(C)C)c2F)cn1. The van der Waals surface area contributed by atoms with Crippen LogP contribution in [0.2, 0.25) is 0 Å². The molecule has 0 spiro atoms. The molecule has 0 aliphatic heterocycles. The minimum absolute atomic E-state index is 0.0284. The lowest BCUT2D eigenvalue weighted by molar-refractivity contribution is -0.114. The predicted molar refractivity (Wildman–Crippen MR) is 99.6 cm³/mol. The molecule has 144 valence electrons. The first-order chi connectivity index (χ1) is 12.7. The van der Waals surface area contributed by atoms with Crippen LogP contribution in [0.3, 0.4) is 0 Å². The number of hydrogen-bond acceptors (Lipinski definition) is 4. The number of halogens is 2. The topological polar surface area (TPSA) is 103 Å². The smallest absolute Gasteiger partial charge is 0.257 e. The molecule has 0 aliphatic carbocycles. The van der Waals surface area contributed by atoms with Crippen LogP contribution in [0.1, 0.15) is 17.3 Å². The van der Waals surface area contributed by atoms with Crippen molar-refractivity contribution in [1.29, 1.82) is 0 Å². The molecule has 1 aromatic carbocycles. The first-order valence-corrected chi connectivity index (χ1v) is 8.84. The summed E-state index contributed by atoms with van der Waals surface area (Å²) < 4.78 is 44.0. The molecule has 2 rings (SSSR count). The molecule has 3 N–H and O–H groups in total. The van der Waals surface area contributed by atoms with Gasteiger partial charge >= 0.3 is 0 Å². The normalized spacial score (nSPS) is 11.8. The van der Waals surface area contributed by atoms with Crippen LogP contribution in [0.25, 0.3) is 0 Å². The highest BCUT2D eigenvalue weighted by Gasteiger charge is 2.20. The van der Waals surface area contributed by atoms with Crippen molar-refractivity contribution in [2.24, 2.45) is 0 Å². The number of aromatic nitrogens is 1. The Morgan fingerprint density at radius 3 is 2.37 bits per heavy atom. The van der Waals surface area contributed by atoms with E-state index >= 15 is 0 Å². The third kappa shape index (κ3) is 5.28. The number of benzene rings is 1. The first-order valence-electron chi connectivity index (χ1n) is 7.63. The second kappa shape index (κ2) is 8.64. The molecule has 0 fully saturated rings. The van der Waals surface area contributed by atoms with Crippen LogP contribution in [-0.2, 0) is 20.2 Å². The minimum Gasteiger partial charge on any atom is -0.317 e. The Hall–Kier alpha value is -2.92. The Balaban J connectivity index is 2.21. The Kier molecular flexibility index (Phi) is 6.53. The van der Waals surface area contributed by atoms with Gasteiger partial charge in [0.1, 0.15) is 23.0 Å². The summed E-state index contributed by atoms with van der Waals surface area (Å²) in [5, 5.41) is 4.56. The Morgan fingerprint density at radius 1 is 1.11 bits per heavy atom. The van der Waals surface area contributed by atoms with Gasteiger partial charge in [0.2, 0.25) is 17.1 Å². The van der Waals surface area contributed by atoms with Crippen molar-refractivity contribution in [2.45, 2.75) is 6.92 Å². The summed E-state index contributed by atoms with van der Waals surface area (Å²) in [7, 11) is 3.04. The largest absolute Gasteiger partial charge is 0.317 e. The predicted octanol–water partition coefficient (Wildman–Crippen LogP) is 2.07. The first kappa shape index (κ1) is 20.4. The highest BCUT2D eigenvalue weighted by atomic mass is 32.2. The molecule has 1 unspecified atom stereocenters. The zero-order valence-electron chi connectivity index (χ0n) is 14.7. The zero-order valence-corrected chi connectivity index (χ0v) is 15.6. The van der Waals surface area contributed by atoms with Crippen molar-refractivity contribution >= 4 is 40.2 Å². The monoisotopic (exact) mass is 398 g/mol. The van der Waals surface area contributed by atoms with Gasteiger partial charge < -0.3 is 10.6 Å². The molecule has 1 heterocycles. The maximum atomic E-state index is 14.5. The van der Waals surface area contributed by atoms with E-state index in [2.05, 4.69) is 20.3 Å². The lowest BCUT2D eigenvalue weighted by Crippen LogP contribution is -2.22. The van der Waals surface area contributed by atoms with E-state index in [4.69, 9.17) is 0 Å². The molecule has 2 aromatic rings. The van der Waals surface area contributed by atoms with Crippen LogP contribution in [0, 0.1) is 11.6 Å². The summed E-state index contributed by atoms with van der Waals surface area (Å²) in [5.74, 6) is -2.98. The highest BCUT2D eigenvalue weighted by Crippen LogP contribution is 2.27. The van der Waals surface area contributed by atoms with Gasteiger partial charge in [-0.2, -0.15) is 4.72 Å². The molecule has 0 saturated heterocycles. The van der Waals surface area contributed by atoms with Crippen LogP contribution < -0.4 is 15.4 Å². The lowest BCUT2D eigenvalue weighted by Gasteiger charge is -2.11. The van der Waals surface area contributed by atoms with Crippen LogP contribution >= 0.6 is 0 Å². The van der Waals surface area contributed by atoms with Crippen molar-refractivity contribution in [3.05, 3.63) is 47.7 Å². The molecular weight excluding hydrogens is 380 g/mol. The summed E-state index contributed by atoms with van der Waals surface area (Å²) in [4.78, 5) is 27.1. The minimum atomic E-state index is -2.12. The lowest BCUT2D eigenvalue weighted by atomic mass is 10.2. The molecule has 0 saturated carbocycles. The van der Waals surface area contributed by atoms with E-state index in [0.717, 1.165) is 18.3 Å². The van der Waals surface area contributed by atoms with E-state index in [1.165, 1.54) is 37.5 Å². The molecule has 2 amide bonds. The van der Waals surface area contributed by atoms with Gasteiger partial charge in [-0.05, 0) is 24.3 Å². The third-order valence-corrected chi connectivity index (χ3v) is 4.40. The number of pyridine rings is 1. The standard InChI is InChI=1S/C16H17F2N5O3S/c1-9(24)20-13-7-4-10(8-19-13)16(25)21-15-11(17)5-6-12(14(15)18)22-27(26)23(2)3/h4-8H,1-3H3,(H,21,25)(H,22,26)(H,19,20,24)/p+1. The van der Waals surface area contributed by atoms with E-state index in [0.29, 0.717) is 0 Å². The van der Waals surface area contributed by atoms with Crippen molar-refractivity contribution in [3.63, 3.8) is 0 Å². The average Bonchev–Trinajstić information content (AvgIpc) is 2.60. The van der Waals surface area contributed by atoms with Crippen LogP contribution in [0.15, 0.2) is 30.5 Å². The quantitative estimate of drug-likeness (QED) is 0.512. The van der Waals surface area contributed by atoms with Gasteiger partial charge in [-0.15, -0.1) is 4.31 Å². The number of amides is 2. The molecule has 0 radical (unpaired) electrons. The summed E-state index contributed by atoms with van der Waals surface area (Å²) in [6, 6.07) is 4.75. The van der Waals surface area contributed by atoms with Gasteiger partial charge in [0.05, 0.1) is 5.56 Å². The fraction of sp³-hybridized carbons (Fsp3) is 0.188. The maximum absolute atomic E-state index is 14.5. The molecule has 0 aliphatic rings. The van der Waals surface area contributed by atoms with Crippen LogP contribution in [0.4, 0.5) is 26.0 Å². The molecule has 1 aromatic heterocycles.